The van der Waals surface area contributed by atoms with Crippen LogP contribution < -0.4 is 0 Å². The molecule has 5 heteroatoms. The molecule has 0 amide bonds. The fourth-order valence-corrected chi connectivity index (χ4v) is 1.10. The van der Waals surface area contributed by atoms with Crippen LogP contribution in [0, 0.1) is 0 Å². The van der Waals surface area contributed by atoms with Gasteiger partial charge in [0, 0.05) is 18.3 Å². The van der Waals surface area contributed by atoms with Crippen LogP contribution in [-0.4, -0.2) is 19.7 Å². The molecular weight excluding hydrogens is 180 g/mol. The van der Waals surface area contributed by atoms with Gasteiger partial charge in [0.1, 0.15) is 6.54 Å². The van der Waals surface area contributed by atoms with Crippen LogP contribution in [0.3, 0.4) is 0 Å². The Kier molecular flexibility index (Phi) is 2.30. The first-order chi connectivity index (χ1) is 6.75. The molecule has 0 unspecified atom stereocenters. The molecule has 2 rings (SSSR count). The van der Waals surface area contributed by atoms with E-state index in [0.29, 0.717) is 18.4 Å². The summed E-state index contributed by atoms with van der Waals surface area (Å²) in [5.74, 6) is 1.67. The van der Waals surface area contributed by atoms with Crippen molar-refractivity contribution in [1.29, 1.82) is 0 Å². The van der Waals surface area contributed by atoms with Gasteiger partial charge in [-0.25, -0.2) is 4.98 Å². The zero-order valence-electron chi connectivity index (χ0n) is 8.21. The normalized spacial score (nSPS) is 11.1. The van der Waals surface area contributed by atoms with Crippen LogP contribution >= 0.6 is 0 Å². The number of rotatable bonds is 3. The third kappa shape index (κ3) is 1.81. The van der Waals surface area contributed by atoms with Gasteiger partial charge in [-0.2, -0.15) is 4.98 Å². The molecule has 14 heavy (non-hydrogen) atoms. The van der Waals surface area contributed by atoms with Crippen molar-refractivity contribution in [3.63, 3.8) is 0 Å². The third-order valence-electron chi connectivity index (χ3n) is 1.88. The molecule has 0 spiro atoms. The second kappa shape index (κ2) is 3.61. The van der Waals surface area contributed by atoms with E-state index >= 15 is 0 Å². The van der Waals surface area contributed by atoms with E-state index in [0.717, 1.165) is 5.82 Å². The summed E-state index contributed by atoms with van der Waals surface area (Å²) in [6.07, 6.45) is 5.30. The lowest BCUT2D eigenvalue weighted by atomic mass is 10.2. The average Bonchev–Trinajstić information content (AvgIpc) is 2.75. The molecule has 0 saturated carbocycles. The lowest BCUT2D eigenvalue weighted by molar-refractivity contribution is 0.364. The van der Waals surface area contributed by atoms with Gasteiger partial charge in [-0.15, -0.1) is 0 Å². The number of hydrogen-bond donors (Lipinski definition) is 0. The van der Waals surface area contributed by atoms with Gasteiger partial charge in [-0.1, -0.05) is 19.0 Å². The first-order valence-electron chi connectivity index (χ1n) is 4.54. The topological polar surface area (TPSA) is 56.7 Å². The van der Waals surface area contributed by atoms with Gasteiger partial charge in [-0.05, 0) is 0 Å². The van der Waals surface area contributed by atoms with Crippen molar-refractivity contribution in [2.45, 2.75) is 26.3 Å². The molecule has 0 fully saturated rings. The summed E-state index contributed by atoms with van der Waals surface area (Å²) < 4.78 is 6.98. The van der Waals surface area contributed by atoms with E-state index < -0.39 is 0 Å². The molecule has 0 aromatic carbocycles. The molecule has 0 aliphatic carbocycles. The molecule has 2 heterocycles. The molecule has 2 aromatic heterocycles. The standard InChI is InChI=1S/C9H12N4O/c1-7(2)9-11-8(14-12-9)5-13-4-3-10-6-13/h3-4,6-7H,5H2,1-2H3. The quantitative estimate of drug-likeness (QED) is 0.738. The minimum absolute atomic E-state index is 0.301. The fraction of sp³-hybridized carbons (Fsp3) is 0.444. The first-order valence-corrected chi connectivity index (χ1v) is 4.54. The van der Waals surface area contributed by atoms with Crippen molar-refractivity contribution in [1.82, 2.24) is 19.7 Å². The monoisotopic (exact) mass is 192 g/mol. The van der Waals surface area contributed by atoms with E-state index in [1.807, 2.05) is 24.6 Å². The number of hydrogen-bond acceptors (Lipinski definition) is 4. The van der Waals surface area contributed by atoms with Crippen molar-refractivity contribution < 1.29 is 4.52 Å². The predicted molar refractivity (Wildman–Crippen MR) is 49.7 cm³/mol. The van der Waals surface area contributed by atoms with Gasteiger partial charge in [0.2, 0.25) is 5.89 Å². The van der Waals surface area contributed by atoms with Crippen molar-refractivity contribution in [2.75, 3.05) is 0 Å². The van der Waals surface area contributed by atoms with Crippen LogP contribution in [-0.2, 0) is 6.54 Å². The van der Waals surface area contributed by atoms with E-state index in [1.54, 1.807) is 12.5 Å². The van der Waals surface area contributed by atoms with Crippen molar-refractivity contribution >= 4 is 0 Å². The van der Waals surface area contributed by atoms with Crippen molar-refractivity contribution in [3.05, 3.63) is 30.4 Å². The Morgan fingerprint density at radius 3 is 2.93 bits per heavy atom. The molecule has 0 aliphatic rings. The second-order valence-electron chi connectivity index (χ2n) is 3.44. The summed E-state index contributed by atoms with van der Waals surface area (Å²) in [6.45, 7) is 4.65. The van der Waals surface area contributed by atoms with Gasteiger partial charge in [0.15, 0.2) is 5.82 Å². The Balaban J connectivity index is 2.11. The Labute approximate surface area is 81.8 Å². The Morgan fingerprint density at radius 1 is 1.50 bits per heavy atom. The molecular formula is C9H12N4O. The van der Waals surface area contributed by atoms with E-state index in [2.05, 4.69) is 15.1 Å². The second-order valence-corrected chi connectivity index (χ2v) is 3.44. The van der Waals surface area contributed by atoms with E-state index in [-0.39, 0.29) is 0 Å². The van der Waals surface area contributed by atoms with E-state index in [4.69, 9.17) is 4.52 Å². The van der Waals surface area contributed by atoms with Gasteiger partial charge in [0.25, 0.3) is 0 Å². The largest absolute Gasteiger partial charge is 0.337 e. The predicted octanol–water partition coefficient (Wildman–Crippen LogP) is 1.44. The van der Waals surface area contributed by atoms with Gasteiger partial charge in [0.05, 0.1) is 6.33 Å². The first kappa shape index (κ1) is 8.93. The number of aromatic nitrogens is 4. The maximum Gasteiger partial charge on any atom is 0.246 e. The summed E-state index contributed by atoms with van der Waals surface area (Å²) >= 11 is 0. The molecule has 0 atom stereocenters. The van der Waals surface area contributed by atoms with Gasteiger partial charge in [-0.3, -0.25) is 0 Å². The smallest absolute Gasteiger partial charge is 0.246 e. The minimum Gasteiger partial charge on any atom is -0.337 e. The molecule has 5 nitrogen and oxygen atoms in total. The van der Waals surface area contributed by atoms with Crippen molar-refractivity contribution in [3.8, 4) is 0 Å². The highest BCUT2D eigenvalue weighted by atomic mass is 16.5. The summed E-state index contributed by atoms with van der Waals surface area (Å²) in [7, 11) is 0. The molecule has 74 valence electrons. The summed E-state index contributed by atoms with van der Waals surface area (Å²) in [5.41, 5.74) is 0. The van der Waals surface area contributed by atoms with Crippen LogP contribution in [0.5, 0.6) is 0 Å². The molecule has 0 radical (unpaired) electrons. The highest BCUT2D eigenvalue weighted by molar-refractivity contribution is 4.92. The van der Waals surface area contributed by atoms with Gasteiger partial charge >= 0.3 is 0 Å². The van der Waals surface area contributed by atoms with Crippen LogP contribution in [0.15, 0.2) is 23.2 Å². The molecule has 0 bridgehead atoms. The zero-order chi connectivity index (χ0) is 9.97. The lowest BCUT2D eigenvalue weighted by Gasteiger charge is -1.94. The van der Waals surface area contributed by atoms with E-state index in [9.17, 15) is 0 Å². The Morgan fingerprint density at radius 2 is 2.36 bits per heavy atom. The third-order valence-corrected chi connectivity index (χ3v) is 1.88. The maximum atomic E-state index is 5.09. The molecule has 0 N–H and O–H groups in total. The number of nitrogens with zero attached hydrogens (tertiary/aromatic N) is 4. The van der Waals surface area contributed by atoms with Crippen LogP contribution in [0.4, 0.5) is 0 Å². The average molecular weight is 192 g/mol. The number of imidazole rings is 1. The van der Waals surface area contributed by atoms with Crippen LogP contribution in [0.2, 0.25) is 0 Å². The fourth-order valence-electron chi connectivity index (χ4n) is 1.10. The Bertz CT molecular complexity index is 391. The summed E-state index contributed by atoms with van der Waals surface area (Å²) in [4.78, 5) is 8.19. The lowest BCUT2D eigenvalue weighted by Crippen LogP contribution is -1.97. The van der Waals surface area contributed by atoms with Crippen LogP contribution in [0.25, 0.3) is 0 Å². The highest BCUT2D eigenvalue weighted by Gasteiger charge is 2.09. The Hall–Kier alpha value is -1.65. The van der Waals surface area contributed by atoms with E-state index in [1.165, 1.54) is 0 Å². The zero-order valence-corrected chi connectivity index (χ0v) is 8.21. The highest BCUT2D eigenvalue weighted by Crippen LogP contribution is 2.10. The van der Waals surface area contributed by atoms with Gasteiger partial charge < -0.3 is 9.09 Å². The van der Waals surface area contributed by atoms with Crippen molar-refractivity contribution in [2.24, 2.45) is 0 Å². The minimum atomic E-state index is 0.301. The molecule has 0 aliphatic heterocycles. The maximum absolute atomic E-state index is 5.09. The summed E-state index contributed by atoms with van der Waals surface area (Å²) in [5, 5.41) is 3.88. The van der Waals surface area contributed by atoms with Crippen LogP contribution in [0.1, 0.15) is 31.5 Å². The molecule has 0 saturated heterocycles. The SMILES string of the molecule is CC(C)c1noc(Cn2ccnc2)n1. The molecule has 2 aromatic rings. The summed E-state index contributed by atoms with van der Waals surface area (Å²) in [6, 6.07) is 0.